The van der Waals surface area contributed by atoms with Gasteiger partial charge in [-0.05, 0) is 38.1 Å². The van der Waals surface area contributed by atoms with E-state index in [0.717, 1.165) is 17.2 Å². The lowest BCUT2D eigenvalue weighted by Crippen LogP contribution is -2.06. The smallest absolute Gasteiger partial charge is 0.145 e. The van der Waals surface area contributed by atoms with Gasteiger partial charge >= 0.3 is 0 Å². The van der Waals surface area contributed by atoms with Crippen molar-refractivity contribution in [2.45, 2.75) is 19.9 Å². The van der Waals surface area contributed by atoms with E-state index in [9.17, 15) is 0 Å². The molecule has 2 N–H and O–H groups in total. The van der Waals surface area contributed by atoms with Crippen LogP contribution >= 0.6 is 0 Å². The number of hydrogen-bond donors (Lipinski definition) is 1. The maximum atomic E-state index is 5.73. The normalized spacial score (nSPS) is 12.2. The van der Waals surface area contributed by atoms with Gasteiger partial charge in [-0.3, -0.25) is 4.98 Å². The van der Waals surface area contributed by atoms with Gasteiger partial charge in [0.25, 0.3) is 0 Å². The zero-order valence-electron chi connectivity index (χ0n) is 10.1. The SMILES string of the molecule is Cc1ccc(Oc2ccc([C@H](C)N)nc2)cc1. The summed E-state index contributed by atoms with van der Waals surface area (Å²) >= 11 is 0. The van der Waals surface area contributed by atoms with E-state index in [1.807, 2.05) is 50.2 Å². The zero-order valence-corrected chi connectivity index (χ0v) is 10.1. The number of ether oxygens (including phenoxy) is 1. The van der Waals surface area contributed by atoms with Crippen molar-refractivity contribution in [3.63, 3.8) is 0 Å². The second-order valence-electron chi connectivity index (χ2n) is 4.12. The third-order valence-corrected chi connectivity index (χ3v) is 2.48. The summed E-state index contributed by atoms with van der Waals surface area (Å²) in [4.78, 5) is 4.24. The van der Waals surface area contributed by atoms with Crippen molar-refractivity contribution in [1.29, 1.82) is 0 Å². The molecule has 0 unspecified atom stereocenters. The summed E-state index contributed by atoms with van der Waals surface area (Å²) < 4.78 is 5.66. The fraction of sp³-hybridized carbons (Fsp3) is 0.214. The quantitative estimate of drug-likeness (QED) is 0.877. The lowest BCUT2D eigenvalue weighted by atomic mass is 10.2. The highest BCUT2D eigenvalue weighted by Crippen LogP contribution is 2.21. The van der Waals surface area contributed by atoms with Crippen molar-refractivity contribution in [3.05, 3.63) is 53.9 Å². The fourth-order valence-corrected chi connectivity index (χ4v) is 1.46. The number of nitrogens with two attached hydrogens (primary N) is 1. The second-order valence-corrected chi connectivity index (χ2v) is 4.12. The van der Waals surface area contributed by atoms with Crippen molar-refractivity contribution >= 4 is 0 Å². The third kappa shape index (κ3) is 3.04. The Labute approximate surface area is 101 Å². The molecule has 17 heavy (non-hydrogen) atoms. The van der Waals surface area contributed by atoms with Crippen molar-refractivity contribution in [2.24, 2.45) is 5.73 Å². The standard InChI is InChI=1S/C14H16N2O/c1-10-3-5-12(6-4-10)17-13-7-8-14(11(2)15)16-9-13/h3-9,11H,15H2,1-2H3/t11-/m0/s1. The predicted octanol–water partition coefficient (Wildman–Crippen LogP) is 3.20. The van der Waals surface area contributed by atoms with Crippen LogP contribution in [0.1, 0.15) is 24.2 Å². The van der Waals surface area contributed by atoms with E-state index in [1.165, 1.54) is 5.56 Å². The van der Waals surface area contributed by atoms with Gasteiger partial charge in [-0.15, -0.1) is 0 Å². The average Bonchev–Trinajstić information content (AvgIpc) is 2.33. The van der Waals surface area contributed by atoms with Gasteiger partial charge in [-0.1, -0.05) is 17.7 Å². The minimum Gasteiger partial charge on any atom is -0.456 e. The zero-order chi connectivity index (χ0) is 12.3. The minimum absolute atomic E-state index is 0.0524. The monoisotopic (exact) mass is 228 g/mol. The molecule has 0 saturated heterocycles. The number of benzene rings is 1. The van der Waals surface area contributed by atoms with Gasteiger partial charge < -0.3 is 10.5 Å². The van der Waals surface area contributed by atoms with Gasteiger partial charge in [0.05, 0.1) is 11.9 Å². The Kier molecular flexibility index (Phi) is 3.40. The lowest BCUT2D eigenvalue weighted by molar-refractivity contribution is 0.479. The third-order valence-electron chi connectivity index (χ3n) is 2.48. The van der Waals surface area contributed by atoms with Gasteiger partial charge in [-0.2, -0.15) is 0 Å². The molecule has 0 amide bonds. The summed E-state index contributed by atoms with van der Waals surface area (Å²) in [6.07, 6.45) is 1.69. The molecular weight excluding hydrogens is 212 g/mol. The van der Waals surface area contributed by atoms with Crippen LogP contribution < -0.4 is 10.5 Å². The van der Waals surface area contributed by atoms with Crippen LogP contribution in [0.2, 0.25) is 0 Å². The molecule has 0 aliphatic rings. The summed E-state index contributed by atoms with van der Waals surface area (Å²) in [5, 5.41) is 0. The van der Waals surface area contributed by atoms with Crippen molar-refractivity contribution in [3.8, 4) is 11.5 Å². The number of hydrogen-bond acceptors (Lipinski definition) is 3. The van der Waals surface area contributed by atoms with E-state index in [2.05, 4.69) is 4.98 Å². The number of rotatable bonds is 3. The van der Waals surface area contributed by atoms with E-state index >= 15 is 0 Å². The van der Waals surface area contributed by atoms with Gasteiger partial charge in [0.15, 0.2) is 0 Å². The Morgan fingerprint density at radius 3 is 2.24 bits per heavy atom. The predicted molar refractivity (Wildman–Crippen MR) is 68.1 cm³/mol. The molecule has 3 heteroatoms. The summed E-state index contributed by atoms with van der Waals surface area (Å²) in [7, 11) is 0. The van der Waals surface area contributed by atoms with Crippen molar-refractivity contribution in [1.82, 2.24) is 4.98 Å². The summed E-state index contributed by atoms with van der Waals surface area (Å²) in [6, 6.07) is 11.6. The molecule has 0 fully saturated rings. The number of aryl methyl sites for hydroxylation is 1. The molecule has 3 nitrogen and oxygen atoms in total. The van der Waals surface area contributed by atoms with Crippen LogP contribution in [-0.2, 0) is 0 Å². The molecule has 0 aliphatic carbocycles. The van der Waals surface area contributed by atoms with Crippen molar-refractivity contribution in [2.75, 3.05) is 0 Å². The number of aromatic nitrogens is 1. The maximum Gasteiger partial charge on any atom is 0.145 e. The summed E-state index contributed by atoms with van der Waals surface area (Å²) in [6.45, 7) is 3.95. The molecule has 0 spiro atoms. The summed E-state index contributed by atoms with van der Waals surface area (Å²) in [5.41, 5.74) is 7.80. The minimum atomic E-state index is -0.0524. The highest BCUT2D eigenvalue weighted by Gasteiger charge is 2.02. The Hall–Kier alpha value is -1.87. The van der Waals surface area contributed by atoms with E-state index < -0.39 is 0 Å². The van der Waals surface area contributed by atoms with Crippen LogP contribution in [0, 0.1) is 6.92 Å². The van der Waals surface area contributed by atoms with Gasteiger partial charge in [-0.25, -0.2) is 0 Å². The van der Waals surface area contributed by atoms with Gasteiger partial charge in [0, 0.05) is 6.04 Å². The molecule has 2 rings (SSSR count). The average molecular weight is 228 g/mol. The lowest BCUT2D eigenvalue weighted by Gasteiger charge is -2.07. The Bertz CT molecular complexity index is 475. The molecule has 88 valence electrons. The molecule has 1 aromatic carbocycles. The molecule has 2 aromatic rings. The topological polar surface area (TPSA) is 48.1 Å². The van der Waals surface area contributed by atoms with Crippen LogP contribution in [0.4, 0.5) is 0 Å². The first kappa shape index (κ1) is 11.6. The molecule has 1 heterocycles. The molecule has 1 aromatic heterocycles. The first-order chi connectivity index (χ1) is 8.15. The van der Waals surface area contributed by atoms with Crippen LogP contribution in [0.3, 0.4) is 0 Å². The maximum absolute atomic E-state index is 5.73. The van der Waals surface area contributed by atoms with E-state index in [4.69, 9.17) is 10.5 Å². The Morgan fingerprint density at radius 1 is 1.06 bits per heavy atom. The molecule has 0 radical (unpaired) electrons. The van der Waals surface area contributed by atoms with Crippen LogP contribution in [-0.4, -0.2) is 4.98 Å². The highest BCUT2D eigenvalue weighted by molar-refractivity contribution is 5.32. The molecule has 0 saturated carbocycles. The Balaban J connectivity index is 2.11. The molecular formula is C14H16N2O. The number of pyridine rings is 1. The fourth-order valence-electron chi connectivity index (χ4n) is 1.46. The van der Waals surface area contributed by atoms with Crippen LogP contribution in [0.5, 0.6) is 11.5 Å². The first-order valence-corrected chi connectivity index (χ1v) is 5.61. The second kappa shape index (κ2) is 4.97. The van der Waals surface area contributed by atoms with Crippen LogP contribution in [0.15, 0.2) is 42.6 Å². The largest absolute Gasteiger partial charge is 0.456 e. The Morgan fingerprint density at radius 2 is 1.71 bits per heavy atom. The molecule has 0 aliphatic heterocycles. The summed E-state index contributed by atoms with van der Waals surface area (Å²) in [5.74, 6) is 1.53. The first-order valence-electron chi connectivity index (χ1n) is 5.61. The highest BCUT2D eigenvalue weighted by atomic mass is 16.5. The molecule has 0 bridgehead atoms. The van der Waals surface area contributed by atoms with Gasteiger partial charge in [0.2, 0.25) is 0 Å². The van der Waals surface area contributed by atoms with Crippen molar-refractivity contribution < 1.29 is 4.74 Å². The molecule has 1 atom stereocenters. The van der Waals surface area contributed by atoms with E-state index in [-0.39, 0.29) is 6.04 Å². The van der Waals surface area contributed by atoms with Gasteiger partial charge in [0.1, 0.15) is 11.5 Å². The van der Waals surface area contributed by atoms with E-state index in [1.54, 1.807) is 6.20 Å². The van der Waals surface area contributed by atoms with Crippen LogP contribution in [0.25, 0.3) is 0 Å². The number of nitrogens with zero attached hydrogens (tertiary/aromatic N) is 1. The van der Waals surface area contributed by atoms with E-state index in [0.29, 0.717) is 0 Å².